The second-order valence-corrected chi connectivity index (χ2v) is 8.33. The number of hydrogen-bond acceptors (Lipinski definition) is 7. The number of likely N-dealkylation sites (tertiary alicyclic amines) is 1. The Morgan fingerprint density at radius 3 is 2.94 bits per heavy atom. The van der Waals surface area contributed by atoms with Gasteiger partial charge in [-0.25, -0.2) is 15.0 Å². The van der Waals surface area contributed by atoms with Crippen molar-refractivity contribution >= 4 is 39.9 Å². The Labute approximate surface area is 183 Å². The highest BCUT2D eigenvalue weighted by molar-refractivity contribution is 7.08. The van der Waals surface area contributed by atoms with Crippen LogP contribution in [0.2, 0.25) is 0 Å². The number of anilines is 2. The van der Waals surface area contributed by atoms with Crippen molar-refractivity contribution in [1.29, 1.82) is 0 Å². The van der Waals surface area contributed by atoms with Gasteiger partial charge in [0.25, 0.3) is 0 Å². The van der Waals surface area contributed by atoms with E-state index in [2.05, 4.69) is 15.7 Å². The largest absolute Gasteiger partial charge is 0.399 e. The molecule has 0 unspecified atom stereocenters. The van der Waals surface area contributed by atoms with Crippen molar-refractivity contribution in [2.45, 2.75) is 19.3 Å². The molecule has 1 fully saturated rings. The van der Waals surface area contributed by atoms with Crippen LogP contribution in [-0.4, -0.2) is 50.0 Å². The van der Waals surface area contributed by atoms with Gasteiger partial charge in [-0.2, -0.15) is 11.3 Å². The van der Waals surface area contributed by atoms with Crippen LogP contribution in [0.25, 0.3) is 28.2 Å². The number of hydrogen-bond donors (Lipinski definition) is 2. The number of thiophene rings is 1. The van der Waals surface area contributed by atoms with Gasteiger partial charge < -0.3 is 16.0 Å². The van der Waals surface area contributed by atoms with Gasteiger partial charge in [-0.05, 0) is 36.4 Å². The van der Waals surface area contributed by atoms with Gasteiger partial charge >= 0.3 is 0 Å². The summed E-state index contributed by atoms with van der Waals surface area (Å²) in [6, 6.07) is 9.60. The Kier molecular flexibility index (Phi) is 5.25. The molecule has 1 amide bonds. The number of imidazole rings is 1. The maximum absolute atomic E-state index is 11.8. The monoisotopic (exact) mass is 433 g/mol. The first-order valence-electron chi connectivity index (χ1n) is 10.3. The van der Waals surface area contributed by atoms with Crippen LogP contribution >= 0.6 is 11.3 Å². The smallest absolute Gasteiger partial charge is 0.222 e. The molecular weight excluding hydrogens is 410 g/mol. The molecule has 4 aromatic rings. The highest BCUT2D eigenvalue weighted by Gasteiger charge is 2.19. The SMILES string of the molecule is Nc1cccc(-c2nc(NCCCN3CCCC3=O)c3ncn(-c4ccsc4)c3n2)c1. The number of carbonyl (C=O) groups excluding carboxylic acids is 1. The predicted molar refractivity (Wildman–Crippen MR) is 123 cm³/mol. The van der Waals surface area contributed by atoms with E-state index in [9.17, 15) is 4.79 Å². The van der Waals surface area contributed by atoms with Crippen molar-refractivity contribution in [3.63, 3.8) is 0 Å². The molecule has 158 valence electrons. The van der Waals surface area contributed by atoms with E-state index in [0.29, 0.717) is 30.3 Å². The molecule has 1 saturated heterocycles. The fourth-order valence-corrected chi connectivity index (χ4v) is 4.46. The van der Waals surface area contributed by atoms with Gasteiger partial charge in [0.15, 0.2) is 22.8 Å². The number of nitrogens with two attached hydrogens (primary N) is 1. The number of nitrogen functional groups attached to an aromatic ring is 1. The molecule has 31 heavy (non-hydrogen) atoms. The van der Waals surface area contributed by atoms with Crippen LogP contribution in [0.1, 0.15) is 19.3 Å². The summed E-state index contributed by atoms with van der Waals surface area (Å²) in [6.07, 6.45) is 4.25. The minimum atomic E-state index is 0.253. The number of benzene rings is 1. The quantitative estimate of drug-likeness (QED) is 0.341. The summed E-state index contributed by atoms with van der Waals surface area (Å²) in [5, 5.41) is 7.50. The summed E-state index contributed by atoms with van der Waals surface area (Å²) in [6.45, 7) is 2.31. The summed E-state index contributed by atoms with van der Waals surface area (Å²) in [5.74, 6) is 1.53. The minimum absolute atomic E-state index is 0.253. The topological polar surface area (TPSA) is 102 Å². The van der Waals surface area contributed by atoms with E-state index in [0.717, 1.165) is 48.3 Å². The molecule has 9 heteroatoms. The lowest BCUT2D eigenvalue weighted by molar-refractivity contribution is -0.127. The van der Waals surface area contributed by atoms with Crippen LogP contribution in [0.5, 0.6) is 0 Å². The lowest BCUT2D eigenvalue weighted by Gasteiger charge is -2.15. The molecule has 0 aliphatic carbocycles. The second-order valence-electron chi connectivity index (χ2n) is 7.55. The van der Waals surface area contributed by atoms with Crippen LogP contribution in [0.3, 0.4) is 0 Å². The van der Waals surface area contributed by atoms with Gasteiger partial charge in [0.05, 0.1) is 5.69 Å². The third-order valence-electron chi connectivity index (χ3n) is 5.39. The zero-order chi connectivity index (χ0) is 21.2. The number of carbonyl (C=O) groups is 1. The molecule has 5 rings (SSSR count). The van der Waals surface area contributed by atoms with Crippen LogP contribution in [0, 0.1) is 0 Å². The Morgan fingerprint density at radius 1 is 1.23 bits per heavy atom. The van der Waals surface area contributed by atoms with Gasteiger partial charge in [-0.1, -0.05) is 12.1 Å². The lowest BCUT2D eigenvalue weighted by Crippen LogP contribution is -2.27. The molecule has 0 spiro atoms. The number of rotatable bonds is 7. The number of aromatic nitrogens is 4. The number of nitrogens with zero attached hydrogens (tertiary/aromatic N) is 5. The van der Waals surface area contributed by atoms with Crippen molar-refractivity contribution in [3.05, 3.63) is 47.4 Å². The molecule has 3 aromatic heterocycles. The molecule has 3 N–H and O–H groups in total. The molecule has 1 aliphatic heterocycles. The normalized spacial score (nSPS) is 13.9. The minimum Gasteiger partial charge on any atom is -0.399 e. The Hall–Kier alpha value is -3.46. The average molecular weight is 434 g/mol. The van der Waals surface area contributed by atoms with E-state index < -0.39 is 0 Å². The highest BCUT2D eigenvalue weighted by atomic mass is 32.1. The van der Waals surface area contributed by atoms with Crippen molar-refractivity contribution in [2.24, 2.45) is 0 Å². The fourth-order valence-electron chi connectivity index (χ4n) is 3.83. The van der Waals surface area contributed by atoms with E-state index in [1.54, 1.807) is 17.7 Å². The van der Waals surface area contributed by atoms with Gasteiger partial charge in [-0.3, -0.25) is 9.36 Å². The maximum Gasteiger partial charge on any atom is 0.222 e. The van der Waals surface area contributed by atoms with Crippen LogP contribution in [0.4, 0.5) is 11.5 Å². The van der Waals surface area contributed by atoms with Gasteiger partial charge in [-0.15, -0.1) is 0 Å². The first-order chi connectivity index (χ1) is 15.2. The van der Waals surface area contributed by atoms with Crippen molar-refractivity contribution in [3.8, 4) is 17.1 Å². The van der Waals surface area contributed by atoms with E-state index >= 15 is 0 Å². The van der Waals surface area contributed by atoms with Gasteiger partial charge in [0.1, 0.15) is 6.33 Å². The maximum atomic E-state index is 11.8. The fraction of sp³-hybridized carbons (Fsp3) is 0.273. The number of nitrogens with one attached hydrogen (secondary N) is 1. The summed E-state index contributed by atoms with van der Waals surface area (Å²) in [4.78, 5) is 27.9. The molecule has 0 saturated carbocycles. The molecule has 0 bridgehead atoms. The van der Waals surface area contributed by atoms with Crippen molar-refractivity contribution < 1.29 is 4.79 Å². The molecule has 0 atom stereocenters. The Balaban J connectivity index is 1.46. The molecular formula is C22H23N7OS. The highest BCUT2D eigenvalue weighted by Crippen LogP contribution is 2.27. The third-order valence-corrected chi connectivity index (χ3v) is 6.06. The molecule has 1 aliphatic rings. The third kappa shape index (κ3) is 3.96. The molecule has 1 aromatic carbocycles. The summed E-state index contributed by atoms with van der Waals surface area (Å²) in [5.41, 5.74) is 9.97. The van der Waals surface area contributed by atoms with E-state index in [1.807, 2.05) is 45.2 Å². The predicted octanol–water partition coefficient (Wildman–Crippen LogP) is 3.55. The van der Waals surface area contributed by atoms with E-state index in [1.165, 1.54) is 0 Å². The second kappa shape index (κ2) is 8.35. The molecule has 8 nitrogen and oxygen atoms in total. The van der Waals surface area contributed by atoms with E-state index in [-0.39, 0.29) is 5.91 Å². The Morgan fingerprint density at radius 2 is 2.16 bits per heavy atom. The van der Waals surface area contributed by atoms with Gasteiger partial charge in [0, 0.05) is 42.7 Å². The van der Waals surface area contributed by atoms with Crippen LogP contribution < -0.4 is 11.1 Å². The van der Waals surface area contributed by atoms with Crippen LogP contribution in [-0.2, 0) is 4.79 Å². The first-order valence-corrected chi connectivity index (χ1v) is 11.3. The Bertz CT molecular complexity index is 1220. The lowest BCUT2D eigenvalue weighted by atomic mass is 10.2. The van der Waals surface area contributed by atoms with Crippen LogP contribution in [0.15, 0.2) is 47.4 Å². The van der Waals surface area contributed by atoms with Crippen molar-refractivity contribution in [2.75, 3.05) is 30.7 Å². The summed E-state index contributed by atoms with van der Waals surface area (Å²) >= 11 is 1.63. The first kappa shape index (κ1) is 19.5. The number of fused-ring (bicyclic) bond motifs is 1. The average Bonchev–Trinajstić information content (AvgIpc) is 3.52. The zero-order valence-electron chi connectivity index (χ0n) is 17.0. The molecule has 4 heterocycles. The molecule has 0 radical (unpaired) electrons. The zero-order valence-corrected chi connectivity index (χ0v) is 17.8. The summed E-state index contributed by atoms with van der Waals surface area (Å²) < 4.78 is 1.97. The van der Waals surface area contributed by atoms with Gasteiger partial charge in [0.2, 0.25) is 5.91 Å². The summed E-state index contributed by atoms with van der Waals surface area (Å²) in [7, 11) is 0. The standard InChI is InChI=1S/C22H23N7OS/c23-16-5-1-4-15(12-16)20-26-21(24-8-3-10-28-9-2-6-18(28)30)19-22(27-20)29(14-25-19)17-7-11-31-13-17/h1,4-5,7,11-14H,2-3,6,8-10,23H2,(H,24,26,27). The number of amides is 1. The van der Waals surface area contributed by atoms with E-state index in [4.69, 9.17) is 15.7 Å². The van der Waals surface area contributed by atoms with Crippen molar-refractivity contribution in [1.82, 2.24) is 24.4 Å².